The molecule has 1 heterocycles. The van der Waals surface area contributed by atoms with E-state index in [0.29, 0.717) is 45.7 Å². The van der Waals surface area contributed by atoms with Crippen LogP contribution in [-0.2, 0) is 11.2 Å². The summed E-state index contributed by atoms with van der Waals surface area (Å²) < 4.78 is 22.8. The first-order chi connectivity index (χ1) is 22.3. The average Bonchev–Trinajstić information content (AvgIpc) is 3.03. The molecule has 0 bridgehead atoms. The summed E-state index contributed by atoms with van der Waals surface area (Å²) >= 11 is 0. The SMILES string of the molecule is COc1cc(/C=C2\C[C@H](C(C)(C)C)Cc3c2nc2ccccc2c3C(=O)O[C@H](C)C(=O)c2cc(C)c(C)cc2C)cc(OC)c1OC. The first-order valence-electron chi connectivity index (χ1n) is 16.0. The minimum atomic E-state index is -0.970. The highest BCUT2D eigenvalue weighted by atomic mass is 16.5. The zero-order chi connectivity index (χ0) is 34.2. The number of ketones is 1. The normalized spacial score (nSPS) is 16.0. The molecule has 0 radical (unpaired) electrons. The van der Waals surface area contributed by atoms with Crippen molar-refractivity contribution in [3.8, 4) is 17.2 Å². The Morgan fingerprint density at radius 2 is 1.51 bits per heavy atom. The van der Waals surface area contributed by atoms with Crippen LogP contribution in [0.4, 0.5) is 0 Å². The van der Waals surface area contributed by atoms with E-state index in [1.165, 1.54) is 0 Å². The molecule has 0 amide bonds. The van der Waals surface area contributed by atoms with Crippen molar-refractivity contribution in [1.29, 1.82) is 0 Å². The minimum Gasteiger partial charge on any atom is -0.493 e. The van der Waals surface area contributed by atoms with Gasteiger partial charge in [0.2, 0.25) is 11.5 Å². The van der Waals surface area contributed by atoms with Crippen molar-refractivity contribution < 1.29 is 28.5 Å². The highest BCUT2D eigenvalue weighted by molar-refractivity contribution is 6.08. The number of hydrogen-bond donors (Lipinski definition) is 0. The van der Waals surface area contributed by atoms with Gasteiger partial charge in [0.25, 0.3) is 0 Å². The number of fused-ring (bicyclic) bond motifs is 2. The van der Waals surface area contributed by atoms with Gasteiger partial charge in [-0.3, -0.25) is 4.79 Å². The number of rotatable bonds is 8. The number of esters is 1. The monoisotopic (exact) mass is 635 g/mol. The van der Waals surface area contributed by atoms with Crippen LogP contribution in [0.15, 0.2) is 48.5 Å². The fourth-order valence-corrected chi connectivity index (χ4v) is 6.47. The van der Waals surface area contributed by atoms with Gasteiger partial charge in [0.1, 0.15) is 0 Å². The number of carbonyl (C=O) groups excluding carboxylic acids is 2. The van der Waals surface area contributed by atoms with Gasteiger partial charge in [0.05, 0.1) is 38.1 Å². The third kappa shape index (κ3) is 6.62. The molecule has 0 aliphatic heterocycles. The Morgan fingerprint density at radius 3 is 2.13 bits per heavy atom. The summed E-state index contributed by atoms with van der Waals surface area (Å²) in [5.74, 6) is 1.08. The lowest BCUT2D eigenvalue weighted by molar-refractivity contribution is 0.0318. The van der Waals surface area contributed by atoms with Crippen LogP contribution in [0.5, 0.6) is 17.2 Å². The lowest BCUT2D eigenvalue weighted by Crippen LogP contribution is -2.30. The van der Waals surface area contributed by atoms with E-state index in [0.717, 1.165) is 45.5 Å². The van der Waals surface area contributed by atoms with Gasteiger partial charge in [-0.05, 0) is 116 Å². The second kappa shape index (κ2) is 13.2. The smallest absolute Gasteiger partial charge is 0.339 e. The number of Topliss-reactive ketones (excluding diaryl/α,β-unsaturated/α-hetero) is 1. The van der Waals surface area contributed by atoms with Crippen molar-refractivity contribution in [1.82, 2.24) is 4.98 Å². The van der Waals surface area contributed by atoms with Crippen LogP contribution < -0.4 is 14.2 Å². The summed E-state index contributed by atoms with van der Waals surface area (Å²) in [6.45, 7) is 14.2. The Kier molecular flexibility index (Phi) is 9.48. The summed E-state index contributed by atoms with van der Waals surface area (Å²) in [7, 11) is 4.77. The number of allylic oxidation sites excluding steroid dienone is 1. The van der Waals surface area contributed by atoms with Crippen LogP contribution in [0, 0.1) is 32.1 Å². The molecule has 0 N–H and O–H groups in total. The molecule has 0 unspecified atom stereocenters. The Hall–Kier alpha value is -4.65. The maximum Gasteiger partial charge on any atom is 0.339 e. The Morgan fingerprint density at radius 1 is 0.872 bits per heavy atom. The molecular formula is C40H45NO6. The molecule has 3 aromatic carbocycles. The van der Waals surface area contributed by atoms with Crippen molar-refractivity contribution in [2.24, 2.45) is 11.3 Å². The fourth-order valence-electron chi connectivity index (χ4n) is 6.47. The van der Waals surface area contributed by atoms with E-state index in [1.807, 2.05) is 69.3 Å². The molecule has 0 saturated carbocycles. The van der Waals surface area contributed by atoms with Gasteiger partial charge in [-0.25, -0.2) is 9.78 Å². The Labute approximate surface area is 277 Å². The van der Waals surface area contributed by atoms with E-state index >= 15 is 0 Å². The second-order valence-electron chi connectivity index (χ2n) is 13.6. The van der Waals surface area contributed by atoms with Crippen LogP contribution in [0.3, 0.4) is 0 Å². The molecule has 7 nitrogen and oxygen atoms in total. The molecule has 0 spiro atoms. The van der Waals surface area contributed by atoms with Gasteiger partial charge in [0, 0.05) is 10.9 Å². The summed E-state index contributed by atoms with van der Waals surface area (Å²) in [6, 6.07) is 15.3. The number of para-hydroxylation sites is 1. The average molecular weight is 636 g/mol. The molecule has 1 aliphatic carbocycles. The highest BCUT2D eigenvalue weighted by Crippen LogP contribution is 2.46. The van der Waals surface area contributed by atoms with E-state index in [9.17, 15) is 9.59 Å². The molecular weight excluding hydrogens is 590 g/mol. The van der Waals surface area contributed by atoms with Crippen LogP contribution in [0.2, 0.25) is 0 Å². The zero-order valence-corrected chi connectivity index (χ0v) is 29.2. The number of hydrogen-bond acceptors (Lipinski definition) is 7. The van der Waals surface area contributed by atoms with E-state index in [-0.39, 0.29) is 17.1 Å². The van der Waals surface area contributed by atoms with Crippen molar-refractivity contribution in [3.63, 3.8) is 0 Å². The molecule has 0 saturated heterocycles. The number of benzene rings is 3. The second-order valence-corrected chi connectivity index (χ2v) is 13.6. The van der Waals surface area contributed by atoms with Crippen LogP contribution in [0.25, 0.3) is 22.6 Å². The van der Waals surface area contributed by atoms with Crippen LogP contribution >= 0.6 is 0 Å². The predicted molar refractivity (Wildman–Crippen MR) is 187 cm³/mol. The lowest BCUT2D eigenvalue weighted by Gasteiger charge is -2.37. The van der Waals surface area contributed by atoms with E-state index in [1.54, 1.807) is 28.3 Å². The van der Waals surface area contributed by atoms with Crippen LogP contribution in [0.1, 0.15) is 88.3 Å². The van der Waals surface area contributed by atoms with Gasteiger partial charge in [-0.1, -0.05) is 45.0 Å². The van der Waals surface area contributed by atoms with Crippen LogP contribution in [-0.4, -0.2) is 44.2 Å². The molecule has 4 aromatic rings. The van der Waals surface area contributed by atoms with Crippen molar-refractivity contribution in [2.75, 3.05) is 21.3 Å². The van der Waals surface area contributed by atoms with Gasteiger partial charge in [0.15, 0.2) is 17.6 Å². The van der Waals surface area contributed by atoms with Gasteiger partial charge >= 0.3 is 5.97 Å². The number of nitrogens with zero attached hydrogens (tertiary/aromatic N) is 1. The number of ether oxygens (including phenoxy) is 4. The maximum absolute atomic E-state index is 14.3. The minimum absolute atomic E-state index is 0.0665. The lowest BCUT2D eigenvalue weighted by atomic mass is 9.69. The van der Waals surface area contributed by atoms with Crippen molar-refractivity contribution in [3.05, 3.63) is 93.2 Å². The first-order valence-corrected chi connectivity index (χ1v) is 16.0. The molecule has 2 atom stereocenters. The van der Waals surface area contributed by atoms with E-state index in [2.05, 4.69) is 26.8 Å². The highest BCUT2D eigenvalue weighted by Gasteiger charge is 2.36. The Balaban J connectivity index is 1.65. The standard InChI is InChI=1S/C40H45NO6/c1-22-15-24(3)30(16-23(22)2)37(42)25(4)47-39(43)35-29-13-11-12-14-32(29)41-36-27(20-28(21-31(35)36)40(5,6)7)17-26-18-33(44-8)38(46-10)34(19-26)45-9/h11-19,25,28H,20-21H2,1-10H3/b27-17+/t25-,28+/m1/s1. The fraction of sp³-hybridized carbons (Fsp3) is 0.375. The molecule has 1 aromatic heterocycles. The predicted octanol–water partition coefficient (Wildman–Crippen LogP) is 8.76. The van der Waals surface area contributed by atoms with Gasteiger partial charge in [-0.15, -0.1) is 0 Å². The zero-order valence-electron chi connectivity index (χ0n) is 29.2. The molecule has 5 rings (SSSR count). The number of aromatic nitrogens is 1. The molecule has 7 heteroatoms. The summed E-state index contributed by atoms with van der Waals surface area (Å²) in [5.41, 5.74) is 8.10. The molecule has 0 fully saturated rings. The van der Waals surface area contributed by atoms with Gasteiger partial charge < -0.3 is 18.9 Å². The van der Waals surface area contributed by atoms with E-state index in [4.69, 9.17) is 23.9 Å². The summed E-state index contributed by atoms with van der Waals surface area (Å²) in [6.07, 6.45) is 2.52. The number of pyridine rings is 1. The topological polar surface area (TPSA) is 84.0 Å². The number of carbonyl (C=O) groups is 2. The number of aryl methyl sites for hydroxylation is 3. The quantitative estimate of drug-likeness (QED) is 0.141. The number of methoxy groups -OCH3 is 3. The third-order valence-electron chi connectivity index (χ3n) is 9.43. The maximum atomic E-state index is 14.3. The van der Waals surface area contributed by atoms with Crippen molar-refractivity contribution >= 4 is 34.3 Å². The summed E-state index contributed by atoms with van der Waals surface area (Å²) in [4.78, 5) is 33.0. The Bertz CT molecular complexity index is 1870. The van der Waals surface area contributed by atoms with Gasteiger partial charge in [-0.2, -0.15) is 0 Å². The molecule has 1 aliphatic rings. The molecule has 47 heavy (non-hydrogen) atoms. The first kappa shape index (κ1) is 33.7. The third-order valence-corrected chi connectivity index (χ3v) is 9.43. The largest absolute Gasteiger partial charge is 0.493 e. The molecule has 246 valence electrons. The van der Waals surface area contributed by atoms with E-state index < -0.39 is 12.1 Å². The summed E-state index contributed by atoms with van der Waals surface area (Å²) in [5, 5.41) is 0.708. The van der Waals surface area contributed by atoms with Crippen molar-refractivity contribution in [2.45, 2.75) is 67.4 Å².